The van der Waals surface area contributed by atoms with Gasteiger partial charge in [-0.3, -0.25) is 9.79 Å². The molecule has 0 saturated heterocycles. The molecule has 0 bridgehead atoms. The highest BCUT2D eigenvalue weighted by Gasteiger charge is 2.30. The molecular formula is C16H23F3N4O. The molecule has 8 heteroatoms. The van der Waals surface area contributed by atoms with Gasteiger partial charge < -0.3 is 16.0 Å². The second kappa shape index (κ2) is 9.14. The maximum atomic E-state index is 12.5. The van der Waals surface area contributed by atoms with Gasteiger partial charge in [-0.2, -0.15) is 13.2 Å². The number of benzene rings is 1. The zero-order chi connectivity index (χ0) is 18.2. The highest BCUT2D eigenvalue weighted by Crippen LogP contribution is 2.28. The number of amides is 1. The predicted octanol–water partition coefficient (Wildman–Crippen LogP) is 2.40. The Balaban J connectivity index is 2.51. The van der Waals surface area contributed by atoms with Crippen molar-refractivity contribution in [3.63, 3.8) is 0 Å². The number of carbonyl (C=O) groups excluding carboxylic acids is 1. The van der Waals surface area contributed by atoms with Crippen LogP contribution < -0.4 is 16.0 Å². The highest BCUT2D eigenvalue weighted by molar-refractivity contribution is 5.94. The van der Waals surface area contributed by atoms with E-state index < -0.39 is 17.6 Å². The van der Waals surface area contributed by atoms with Crippen molar-refractivity contribution in [2.45, 2.75) is 33.0 Å². The molecule has 0 unspecified atom stereocenters. The van der Waals surface area contributed by atoms with Crippen LogP contribution in [0.5, 0.6) is 0 Å². The number of hydrogen-bond acceptors (Lipinski definition) is 2. The van der Waals surface area contributed by atoms with Crippen molar-refractivity contribution < 1.29 is 18.0 Å². The zero-order valence-electron chi connectivity index (χ0n) is 14.0. The summed E-state index contributed by atoms with van der Waals surface area (Å²) in [6, 6.07) is 4.33. The average Bonchev–Trinajstić information content (AvgIpc) is 2.50. The Morgan fingerprint density at radius 1 is 1.17 bits per heavy atom. The normalized spacial score (nSPS) is 12.2. The fourth-order valence-corrected chi connectivity index (χ4v) is 1.84. The molecule has 1 aromatic rings. The number of rotatable bonds is 6. The number of nitrogens with zero attached hydrogens (tertiary/aromatic N) is 1. The lowest BCUT2D eigenvalue weighted by atomic mass is 10.1. The summed E-state index contributed by atoms with van der Waals surface area (Å²) in [5, 5.41) is 8.84. The summed E-state index contributed by atoms with van der Waals surface area (Å²) in [4.78, 5) is 16.2. The monoisotopic (exact) mass is 344 g/mol. The molecule has 0 aliphatic carbocycles. The van der Waals surface area contributed by atoms with Crippen molar-refractivity contribution >= 4 is 11.9 Å². The summed E-state index contributed by atoms with van der Waals surface area (Å²) in [5.74, 6) is 0.219. The Hall–Kier alpha value is -2.25. The minimum absolute atomic E-state index is 0.180. The molecule has 134 valence electrons. The van der Waals surface area contributed by atoms with Crippen molar-refractivity contribution in [1.29, 1.82) is 0 Å². The van der Waals surface area contributed by atoms with Crippen molar-refractivity contribution in [1.82, 2.24) is 16.0 Å². The van der Waals surface area contributed by atoms with Crippen LogP contribution in [-0.4, -0.2) is 37.5 Å². The molecule has 1 rings (SSSR count). The maximum Gasteiger partial charge on any atom is 0.416 e. The minimum atomic E-state index is -4.41. The number of alkyl halides is 3. The van der Waals surface area contributed by atoms with Gasteiger partial charge in [-0.15, -0.1) is 0 Å². The first-order valence-corrected chi connectivity index (χ1v) is 7.74. The van der Waals surface area contributed by atoms with Crippen LogP contribution in [-0.2, 0) is 6.18 Å². The molecular weight excluding hydrogens is 321 g/mol. The van der Waals surface area contributed by atoms with Gasteiger partial charge in [0.1, 0.15) is 0 Å². The molecule has 24 heavy (non-hydrogen) atoms. The summed E-state index contributed by atoms with van der Waals surface area (Å²) in [6.07, 6.45) is -4.41. The largest absolute Gasteiger partial charge is 0.416 e. The number of carbonyl (C=O) groups is 1. The quantitative estimate of drug-likeness (QED) is 0.422. The molecule has 0 aliphatic rings. The van der Waals surface area contributed by atoms with Crippen LogP contribution in [0.4, 0.5) is 13.2 Å². The van der Waals surface area contributed by atoms with Gasteiger partial charge in [-0.1, -0.05) is 0 Å². The molecule has 0 saturated carbocycles. The minimum Gasteiger partial charge on any atom is -0.357 e. The van der Waals surface area contributed by atoms with Gasteiger partial charge >= 0.3 is 6.18 Å². The zero-order valence-corrected chi connectivity index (χ0v) is 14.0. The van der Waals surface area contributed by atoms with Crippen LogP contribution in [0.1, 0.15) is 36.7 Å². The predicted molar refractivity (Wildman–Crippen MR) is 88.0 cm³/mol. The van der Waals surface area contributed by atoms with Crippen LogP contribution >= 0.6 is 0 Å². The lowest BCUT2D eigenvalue weighted by Gasteiger charge is -2.14. The summed E-state index contributed by atoms with van der Waals surface area (Å²) >= 11 is 0. The van der Waals surface area contributed by atoms with Crippen molar-refractivity contribution in [3.05, 3.63) is 35.4 Å². The number of aliphatic imine (C=N–C) groups is 1. The van der Waals surface area contributed by atoms with Gasteiger partial charge in [0, 0.05) is 24.7 Å². The van der Waals surface area contributed by atoms with E-state index in [0.717, 1.165) is 30.8 Å². The van der Waals surface area contributed by atoms with Gasteiger partial charge in [0.15, 0.2) is 5.96 Å². The first-order valence-electron chi connectivity index (χ1n) is 7.74. The molecule has 5 nitrogen and oxygen atoms in total. The van der Waals surface area contributed by atoms with Crippen LogP contribution in [0.15, 0.2) is 29.3 Å². The molecule has 1 amide bonds. The van der Waals surface area contributed by atoms with Crippen molar-refractivity contribution in [3.8, 4) is 0 Å². The van der Waals surface area contributed by atoms with E-state index in [1.165, 1.54) is 0 Å². The molecule has 0 atom stereocenters. The molecule has 0 radical (unpaired) electrons. The van der Waals surface area contributed by atoms with Gasteiger partial charge in [-0.05, 0) is 45.0 Å². The lowest BCUT2D eigenvalue weighted by molar-refractivity contribution is -0.137. The molecule has 0 aliphatic heterocycles. The number of halogens is 3. The van der Waals surface area contributed by atoms with E-state index in [1.807, 2.05) is 20.8 Å². The fourth-order valence-electron chi connectivity index (χ4n) is 1.84. The van der Waals surface area contributed by atoms with Gasteiger partial charge in [0.25, 0.3) is 5.91 Å². The lowest BCUT2D eigenvalue weighted by Crippen LogP contribution is -2.41. The van der Waals surface area contributed by atoms with Crippen LogP contribution in [0, 0.1) is 0 Å². The SMILES string of the molecule is CCNC(=NCCNC(=O)c1ccc(C(F)(F)F)cc1)NC(C)C. The molecule has 1 aromatic carbocycles. The van der Waals surface area contributed by atoms with E-state index in [-0.39, 0.29) is 18.2 Å². The molecule has 0 heterocycles. The van der Waals surface area contributed by atoms with Gasteiger partial charge in [0.2, 0.25) is 0 Å². The van der Waals surface area contributed by atoms with Gasteiger partial charge in [-0.25, -0.2) is 0 Å². The number of nitrogens with one attached hydrogen (secondary N) is 3. The van der Waals surface area contributed by atoms with Crippen LogP contribution in [0.25, 0.3) is 0 Å². The summed E-state index contributed by atoms with van der Waals surface area (Å²) in [6.45, 7) is 7.28. The number of guanidine groups is 1. The Labute approximate surface area is 139 Å². The van der Waals surface area contributed by atoms with E-state index in [2.05, 4.69) is 20.9 Å². The fraction of sp³-hybridized carbons (Fsp3) is 0.500. The third kappa shape index (κ3) is 6.89. The average molecular weight is 344 g/mol. The van der Waals surface area contributed by atoms with E-state index in [9.17, 15) is 18.0 Å². The van der Waals surface area contributed by atoms with E-state index in [1.54, 1.807) is 0 Å². The summed E-state index contributed by atoms with van der Waals surface area (Å²) in [5.41, 5.74) is -0.599. The van der Waals surface area contributed by atoms with E-state index in [0.29, 0.717) is 12.5 Å². The van der Waals surface area contributed by atoms with Gasteiger partial charge in [0.05, 0.1) is 12.1 Å². The summed E-state index contributed by atoms with van der Waals surface area (Å²) < 4.78 is 37.4. The standard InChI is InChI=1S/C16H23F3N4O/c1-4-20-15(23-11(2)3)22-10-9-21-14(24)12-5-7-13(8-6-12)16(17,18)19/h5-8,11H,4,9-10H2,1-3H3,(H,21,24)(H2,20,22,23). The molecule has 3 N–H and O–H groups in total. The highest BCUT2D eigenvalue weighted by atomic mass is 19.4. The van der Waals surface area contributed by atoms with Crippen molar-refractivity contribution in [2.24, 2.45) is 4.99 Å². The third-order valence-corrected chi connectivity index (χ3v) is 2.91. The summed E-state index contributed by atoms with van der Waals surface area (Å²) in [7, 11) is 0. The maximum absolute atomic E-state index is 12.5. The molecule has 0 fully saturated rings. The van der Waals surface area contributed by atoms with Crippen LogP contribution in [0.2, 0.25) is 0 Å². The first kappa shape index (κ1) is 19.8. The van der Waals surface area contributed by atoms with E-state index >= 15 is 0 Å². The second-order valence-electron chi connectivity index (χ2n) is 5.39. The number of hydrogen-bond donors (Lipinski definition) is 3. The topological polar surface area (TPSA) is 65.5 Å². The Morgan fingerprint density at radius 3 is 2.29 bits per heavy atom. The van der Waals surface area contributed by atoms with Crippen LogP contribution in [0.3, 0.4) is 0 Å². The first-order chi connectivity index (χ1) is 11.2. The third-order valence-electron chi connectivity index (χ3n) is 2.91. The van der Waals surface area contributed by atoms with Crippen molar-refractivity contribution in [2.75, 3.05) is 19.6 Å². The molecule has 0 spiro atoms. The Morgan fingerprint density at radius 2 is 1.79 bits per heavy atom. The Bertz CT molecular complexity index is 553. The van der Waals surface area contributed by atoms with E-state index in [4.69, 9.17) is 0 Å². The Kier molecular flexibility index (Phi) is 7.54. The molecule has 0 aromatic heterocycles. The smallest absolute Gasteiger partial charge is 0.357 e. The second-order valence-corrected chi connectivity index (χ2v) is 5.39.